The topological polar surface area (TPSA) is 70.2 Å². The minimum absolute atomic E-state index is 0. The Morgan fingerprint density at radius 2 is 1.75 bits per heavy atom. The normalized spacial score (nSPS) is 13.4. The van der Waals surface area contributed by atoms with Crippen LogP contribution in [-0.4, -0.2) is 11.8 Å². The van der Waals surface area contributed by atoms with E-state index in [9.17, 15) is 9.59 Å². The summed E-state index contributed by atoms with van der Waals surface area (Å²) in [6.45, 7) is 6.18. The van der Waals surface area contributed by atoms with Crippen molar-refractivity contribution in [2.75, 3.05) is 0 Å². The molecule has 0 radical (unpaired) electrons. The highest BCUT2D eigenvalue weighted by molar-refractivity contribution is 5.88. The quantitative estimate of drug-likeness (QED) is 0.667. The van der Waals surface area contributed by atoms with E-state index < -0.39 is 6.04 Å². The van der Waals surface area contributed by atoms with Crippen molar-refractivity contribution in [1.29, 1.82) is 0 Å². The van der Waals surface area contributed by atoms with Crippen molar-refractivity contribution in [1.82, 2.24) is 16.0 Å². The summed E-state index contributed by atoms with van der Waals surface area (Å²) in [5, 5.41) is 9.18. The number of hydrogen-bond acceptors (Lipinski definition) is 3. The molecule has 28 heavy (non-hydrogen) atoms. The van der Waals surface area contributed by atoms with E-state index in [4.69, 9.17) is 0 Å². The Balaban J connectivity index is 0.00000280. The van der Waals surface area contributed by atoms with Crippen LogP contribution >= 0.6 is 12.4 Å². The largest absolute Gasteiger partial charge is 0.350 e. The molecule has 5 nitrogen and oxygen atoms in total. The average Bonchev–Trinajstić information content (AvgIpc) is 3.12. The minimum Gasteiger partial charge on any atom is -0.350 e. The number of carbonyl (C=O) groups excluding carboxylic acids is 2. The summed E-state index contributed by atoms with van der Waals surface area (Å²) in [5.74, 6) is -0.0703. The highest BCUT2D eigenvalue weighted by atomic mass is 35.5. The van der Waals surface area contributed by atoms with E-state index in [0.29, 0.717) is 13.0 Å². The molecule has 0 saturated heterocycles. The molecule has 1 heterocycles. The predicted octanol–water partition coefficient (Wildman–Crippen LogP) is 3.23. The van der Waals surface area contributed by atoms with Gasteiger partial charge >= 0.3 is 0 Å². The SMILES string of the molecule is CC(C)CC(=O)NC(C(=O)NCc1ccc2c(c1)CNC2)c1ccccc1.Cl. The third kappa shape index (κ3) is 5.81. The van der Waals surface area contributed by atoms with E-state index in [1.54, 1.807) is 0 Å². The molecule has 3 rings (SSSR count). The van der Waals surface area contributed by atoms with Gasteiger partial charge in [-0.1, -0.05) is 62.4 Å². The second kappa shape index (κ2) is 10.2. The van der Waals surface area contributed by atoms with Crippen LogP contribution in [0.15, 0.2) is 48.5 Å². The number of amides is 2. The fourth-order valence-electron chi connectivity index (χ4n) is 3.29. The summed E-state index contributed by atoms with van der Waals surface area (Å²) in [6, 6.07) is 15.0. The Morgan fingerprint density at radius 3 is 2.46 bits per heavy atom. The third-order valence-electron chi connectivity index (χ3n) is 4.66. The Kier molecular flexibility index (Phi) is 8.03. The Labute approximate surface area is 172 Å². The maximum atomic E-state index is 12.8. The number of fused-ring (bicyclic) bond motifs is 1. The van der Waals surface area contributed by atoms with Gasteiger partial charge in [-0.15, -0.1) is 12.4 Å². The summed E-state index contributed by atoms with van der Waals surface area (Å²) in [4.78, 5) is 25.1. The number of benzene rings is 2. The summed E-state index contributed by atoms with van der Waals surface area (Å²) in [6.07, 6.45) is 0.397. The molecule has 2 aromatic carbocycles. The number of hydrogen-bond donors (Lipinski definition) is 3. The van der Waals surface area contributed by atoms with Gasteiger partial charge in [-0.25, -0.2) is 0 Å². The van der Waals surface area contributed by atoms with Gasteiger partial charge in [0.1, 0.15) is 6.04 Å². The molecular formula is C22H28ClN3O2. The van der Waals surface area contributed by atoms with E-state index in [1.165, 1.54) is 11.1 Å². The van der Waals surface area contributed by atoms with Crippen LogP contribution in [0.3, 0.4) is 0 Å². The van der Waals surface area contributed by atoms with Gasteiger partial charge in [-0.3, -0.25) is 9.59 Å². The van der Waals surface area contributed by atoms with Gasteiger partial charge in [-0.2, -0.15) is 0 Å². The maximum absolute atomic E-state index is 12.8. The van der Waals surface area contributed by atoms with Crippen molar-refractivity contribution in [3.8, 4) is 0 Å². The van der Waals surface area contributed by atoms with Crippen LogP contribution in [0.1, 0.15) is 48.6 Å². The molecule has 6 heteroatoms. The van der Waals surface area contributed by atoms with Gasteiger partial charge in [0, 0.05) is 26.1 Å². The monoisotopic (exact) mass is 401 g/mol. The third-order valence-corrected chi connectivity index (χ3v) is 4.66. The first-order chi connectivity index (χ1) is 13.0. The van der Waals surface area contributed by atoms with Gasteiger partial charge < -0.3 is 16.0 Å². The van der Waals surface area contributed by atoms with Crippen LogP contribution < -0.4 is 16.0 Å². The number of nitrogens with one attached hydrogen (secondary N) is 3. The van der Waals surface area contributed by atoms with Crippen LogP contribution in [0.4, 0.5) is 0 Å². The average molecular weight is 402 g/mol. The van der Waals surface area contributed by atoms with Crippen molar-refractivity contribution >= 4 is 24.2 Å². The van der Waals surface area contributed by atoms with E-state index in [1.807, 2.05) is 50.2 Å². The molecular weight excluding hydrogens is 374 g/mol. The maximum Gasteiger partial charge on any atom is 0.247 e. The van der Waals surface area contributed by atoms with Crippen LogP contribution in [-0.2, 0) is 29.2 Å². The van der Waals surface area contributed by atoms with Crippen LogP contribution in [0.2, 0.25) is 0 Å². The van der Waals surface area contributed by atoms with Crippen molar-refractivity contribution in [2.45, 2.75) is 45.9 Å². The van der Waals surface area contributed by atoms with Crippen LogP contribution in [0.5, 0.6) is 0 Å². The van der Waals surface area contributed by atoms with Gasteiger partial charge in [-0.05, 0) is 28.2 Å². The van der Waals surface area contributed by atoms with Gasteiger partial charge in [0.15, 0.2) is 0 Å². The second-order valence-corrected chi connectivity index (χ2v) is 7.43. The molecule has 0 saturated carbocycles. The summed E-state index contributed by atoms with van der Waals surface area (Å²) < 4.78 is 0. The molecule has 0 aliphatic carbocycles. The lowest BCUT2D eigenvalue weighted by Gasteiger charge is -2.20. The first-order valence-electron chi connectivity index (χ1n) is 9.46. The Morgan fingerprint density at radius 1 is 1.04 bits per heavy atom. The molecule has 0 bridgehead atoms. The molecule has 0 aromatic heterocycles. The van der Waals surface area contributed by atoms with E-state index in [2.05, 4.69) is 28.1 Å². The second-order valence-electron chi connectivity index (χ2n) is 7.43. The lowest BCUT2D eigenvalue weighted by atomic mass is 10.0. The van der Waals surface area contributed by atoms with Crippen LogP contribution in [0.25, 0.3) is 0 Å². The highest BCUT2D eigenvalue weighted by Crippen LogP contribution is 2.18. The minimum atomic E-state index is -0.687. The molecule has 1 unspecified atom stereocenters. The molecule has 1 aliphatic heterocycles. The number of carbonyl (C=O) groups is 2. The molecule has 150 valence electrons. The fourth-order valence-corrected chi connectivity index (χ4v) is 3.29. The smallest absolute Gasteiger partial charge is 0.247 e. The Hall–Kier alpha value is -2.37. The fraction of sp³-hybridized carbons (Fsp3) is 0.364. The standard InChI is InChI=1S/C22H27N3O2.ClH/c1-15(2)10-20(26)25-21(17-6-4-3-5-7-17)22(27)24-12-16-8-9-18-13-23-14-19(18)11-16;/h3-9,11,15,21,23H,10,12-14H2,1-2H3,(H,24,27)(H,25,26);1H. The van der Waals surface area contributed by atoms with Gasteiger partial charge in [0.25, 0.3) is 0 Å². The zero-order chi connectivity index (χ0) is 19.2. The Bertz CT molecular complexity index is 809. The predicted molar refractivity (Wildman–Crippen MR) is 113 cm³/mol. The zero-order valence-electron chi connectivity index (χ0n) is 16.3. The molecule has 1 atom stereocenters. The van der Waals surface area contributed by atoms with Crippen LogP contribution in [0, 0.1) is 5.92 Å². The molecule has 0 fully saturated rings. The van der Waals surface area contributed by atoms with Crippen molar-refractivity contribution in [3.63, 3.8) is 0 Å². The molecule has 2 aromatic rings. The van der Waals surface area contributed by atoms with E-state index in [0.717, 1.165) is 24.2 Å². The van der Waals surface area contributed by atoms with Gasteiger partial charge in [0.2, 0.25) is 11.8 Å². The molecule has 1 aliphatic rings. The first kappa shape index (κ1) is 21.9. The van der Waals surface area contributed by atoms with Crippen molar-refractivity contribution in [3.05, 3.63) is 70.8 Å². The summed E-state index contributed by atoms with van der Waals surface area (Å²) >= 11 is 0. The van der Waals surface area contributed by atoms with E-state index in [-0.39, 0.29) is 30.1 Å². The molecule has 3 N–H and O–H groups in total. The first-order valence-corrected chi connectivity index (χ1v) is 9.46. The lowest BCUT2D eigenvalue weighted by Crippen LogP contribution is -2.40. The highest BCUT2D eigenvalue weighted by Gasteiger charge is 2.23. The summed E-state index contributed by atoms with van der Waals surface area (Å²) in [7, 11) is 0. The van der Waals surface area contributed by atoms with Gasteiger partial charge in [0.05, 0.1) is 0 Å². The number of rotatable bonds is 7. The molecule has 2 amide bonds. The van der Waals surface area contributed by atoms with Crippen molar-refractivity contribution < 1.29 is 9.59 Å². The van der Waals surface area contributed by atoms with E-state index >= 15 is 0 Å². The lowest BCUT2D eigenvalue weighted by molar-refractivity contribution is -0.129. The van der Waals surface area contributed by atoms with Crippen molar-refractivity contribution in [2.24, 2.45) is 5.92 Å². The zero-order valence-corrected chi connectivity index (χ0v) is 17.1. The number of halogens is 1. The summed E-state index contributed by atoms with van der Waals surface area (Å²) in [5.41, 5.74) is 4.44. The molecule has 0 spiro atoms.